The molecule has 1 aromatic carbocycles. The van der Waals surface area contributed by atoms with Gasteiger partial charge in [0.15, 0.2) is 11.5 Å². The Bertz CT molecular complexity index is 431. The Morgan fingerprint density at radius 2 is 2.06 bits per heavy atom. The normalized spacial score (nSPS) is 15.9. The first-order valence-corrected chi connectivity index (χ1v) is 7.09. The van der Waals surface area contributed by atoms with E-state index in [1.807, 2.05) is 18.2 Å². The standard InChI is InChI=1S/C14H18O3S/c1-10(15)8-11(2)18-12-4-5-13-14(9-12)17-7-3-6-16-13/h4-5,9,11H,3,6-8H2,1-2H3. The summed E-state index contributed by atoms with van der Waals surface area (Å²) in [6, 6.07) is 5.97. The minimum absolute atomic E-state index is 0.226. The first-order chi connectivity index (χ1) is 8.65. The van der Waals surface area contributed by atoms with Crippen molar-refractivity contribution >= 4 is 17.5 Å². The van der Waals surface area contributed by atoms with Gasteiger partial charge in [0.2, 0.25) is 0 Å². The number of benzene rings is 1. The van der Waals surface area contributed by atoms with Gasteiger partial charge in [-0.05, 0) is 25.1 Å². The average molecular weight is 266 g/mol. The number of thioether (sulfide) groups is 1. The lowest BCUT2D eigenvalue weighted by Crippen LogP contribution is -2.02. The Labute approximate surface area is 112 Å². The summed E-state index contributed by atoms with van der Waals surface area (Å²) in [6.07, 6.45) is 1.51. The van der Waals surface area contributed by atoms with Gasteiger partial charge >= 0.3 is 0 Å². The van der Waals surface area contributed by atoms with E-state index in [0.29, 0.717) is 19.6 Å². The molecule has 0 amide bonds. The van der Waals surface area contributed by atoms with Crippen molar-refractivity contribution in [2.45, 2.75) is 36.8 Å². The highest BCUT2D eigenvalue weighted by Gasteiger charge is 2.13. The van der Waals surface area contributed by atoms with Crippen molar-refractivity contribution in [2.75, 3.05) is 13.2 Å². The van der Waals surface area contributed by atoms with Crippen LogP contribution in [0.5, 0.6) is 11.5 Å². The predicted octanol–water partition coefficient (Wildman–Crippen LogP) is 3.31. The van der Waals surface area contributed by atoms with Crippen LogP contribution in [0.2, 0.25) is 0 Å². The second kappa shape index (κ2) is 6.14. The van der Waals surface area contributed by atoms with Gasteiger partial charge in [-0.2, -0.15) is 0 Å². The molecule has 1 aliphatic rings. The maximum absolute atomic E-state index is 11.1. The second-order valence-corrected chi connectivity index (χ2v) is 6.01. The highest BCUT2D eigenvalue weighted by atomic mass is 32.2. The van der Waals surface area contributed by atoms with Crippen molar-refractivity contribution < 1.29 is 14.3 Å². The highest BCUT2D eigenvalue weighted by molar-refractivity contribution is 8.00. The summed E-state index contributed by atoms with van der Waals surface area (Å²) in [6.45, 7) is 5.10. The van der Waals surface area contributed by atoms with Crippen LogP contribution in [0, 0.1) is 0 Å². The molecule has 4 heteroatoms. The number of Topliss-reactive ketones (excluding diaryl/α,β-unsaturated/α-hetero) is 1. The lowest BCUT2D eigenvalue weighted by Gasteiger charge is -2.12. The Kier molecular flexibility index (Phi) is 4.53. The molecule has 1 aromatic rings. The molecule has 0 aromatic heterocycles. The lowest BCUT2D eigenvalue weighted by atomic mass is 10.2. The van der Waals surface area contributed by atoms with Crippen LogP contribution in [-0.4, -0.2) is 24.2 Å². The fourth-order valence-electron chi connectivity index (χ4n) is 1.90. The third-order valence-corrected chi connectivity index (χ3v) is 3.73. The van der Waals surface area contributed by atoms with Gasteiger partial charge in [-0.1, -0.05) is 6.92 Å². The van der Waals surface area contributed by atoms with Crippen LogP contribution in [0.4, 0.5) is 0 Å². The summed E-state index contributed by atoms with van der Waals surface area (Å²) in [4.78, 5) is 12.2. The summed E-state index contributed by atoms with van der Waals surface area (Å²) in [5, 5.41) is 0.284. The SMILES string of the molecule is CC(=O)CC(C)Sc1ccc2c(c1)OCCCO2. The Morgan fingerprint density at radius 3 is 2.78 bits per heavy atom. The third-order valence-electron chi connectivity index (χ3n) is 2.63. The molecule has 3 nitrogen and oxygen atoms in total. The molecule has 0 bridgehead atoms. The molecular formula is C14H18O3S. The van der Waals surface area contributed by atoms with E-state index >= 15 is 0 Å². The van der Waals surface area contributed by atoms with E-state index in [1.165, 1.54) is 0 Å². The van der Waals surface area contributed by atoms with Gasteiger partial charge in [0.1, 0.15) is 5.78 Å². The zero-order valence-corrected chi connectivity index (χ0v) is 11.6. The molecule has 0 radical (unpaired) electrons. The van der Waals surface area contributed by atoms with Gasteiger partial charge in [-0.25, -0.2) is 0 Å². The minimum Gasteiger partial charge on any atom is -0.490 e. The molecule has 1 unspecified atom stereocenters. The van der Waals surface area contributed by atoms with Crippen LogP contribution in [0.15, 0.2) is 23.1 Å². The van der Waals surface area contributed by atoms with Crippen molar-refractivity contribution in [3.8, 4) is 11.5 Å². The number of ketones is 1. The van der Waals surface area contributed by atoms with E-state index < -0.39 is 0 Å². The molecular weight excluding hydrogens is 248 g/mol. The van der Waals surface area contributed by atoms with Gasteiger partial charge in [0.25, 0.3) is 0 Å². The van der Waals surface area contributed by atoms with Crippen LogP contribution in [0.25, 0.3) is 0 Å². The number of hydrogen-bond acceptors (Lipinski definition) is 4. The molecule has 1 heterocycles. The average Bonchev–Trinajstić information content (AvgIpc) is 2.52. The summed E-state index contributed by atoms with van der Waals surface area (Å²) < 4.78 is 11.2. The molecule has 0 saturated heterocycles. The Hall–Kier alpha value is -1.16. The molecule has 0 fully saturated rings. The van der Waals surface area contributed by atoms with E-state index in [4.69, 9.17) is 9.47 Å². The quantitative estimate of drug-likeness (QED) is 0.783. The Balaban J connectivity index is 2.06. The molecule has 1 atom stereocenters. The number of hydrogen-bond donors (Lipinski definition) is 0. The van der Waals surface area contributed by atoms with Gasteiger partial charge < -0.3 is 9.47 Å². The van der Waals surface area contributed by atoms with Crippen molar-refractivity contribution in [2.24, 2.45) is 0 Å². The van der Waals surface area contributed by atoms with Crippen LogP contribution in [0.1, 0.15) is 26.7 Å². The van der Waals surface area contributed by atoms with Gasteiger partial charge in [-0.3, -0.25) is 4.79 Å². The maximum Gasteiger partial charge on any atom is 0.162 e. The minimum atomic E-state index is 0.226. The molecule has 0 saturated carbocycles. The number of carbonyl (C=O) groups is 1. The molecule has 0 spiro atoms. The van der Waals surface area contributed by atoms with Crippen molar-refractivity contribution in [1.29, 1.82) is 0 Å². The smallest absolute Gasteiger partial charge is 0.162 e. The number of rotatable bonds is 4. The van der Waals surface area contributed by atoms with E-state index in [0.717, 1.165) is 22.8 Å². The van der Waals surface area contributed by atoms with Crippen LogP contribution in [-0.2, 0) is 4.79 Å². The molecule has 2 rings (SSSR count). The molecule has 18 heavy (non-hydrogen) atoms. The third kappa shape index (κ3) is 3.67. The van der Waals surface area contributed by atoms with Crippen LogP contribution in [0.3, 0.4) is 0 Å². The predicted molar refractivity (Wildman–Crippen MR) is 72.7 cm³/mol. The molecule has 98 valence electrons. The zero-order valence-electron chi connectivity index (χ0n) is 10.8. The fourth-order valence-corrected chi connectivity index (χ4v) is 3.00. The topological polar surface area (TPSA) is 35.5 Å². The molecule has 0 N–H and O–H groups in total. The van der Waals surface area contributed by atoms with Gasteiger partial charge in [0, 0.05) is 23.0 Å². The van der Waals surface area contributed by atoms with Crippen molar-refractivity contribution in [3.05, 3.63) is 18.2 Å². The van der Waals surface area contributed by atoms with Gasteiger partial charge in [-0.15, -0.1) is 11.8 Å². The van der Waals surface area contributed by atoms with Crippen LogP contribution >= 0.6 is 11.8 Å². The van der Waals surface area contributed by atoms with Gasteiger partial charge in [0.05, 0.1) is 13.2 Å². The zero-order chi connectivity index (χ0) is 13.0. The maximum atomic E-state index is 11.1. The Morgan fingerprint density at radius 1 is 1.33 bits per heavy atom. The lowest BCUT2D eigenvalue weighted by molar-refractivity contribution is -0.116. The number of ether oxygens (including phenoxy) is 2. The van der Waals surface area contributed by atoms with Crippen LogP contribution < -0.4 is 9.47 Å². The summed E-state index contributed by atoms with van der Waals surface area (Å²) in [5.41, 5.74) is 0. The summed E-state index contributed by atoms with van der Waals surface area (Å²) in [5.74, 6) is 1.85. The first-order valence-electron chi connectivity index (χ1n) is 6.21. The molecule has 1 aliphatic heterocycles. The first kappa shape index (κ1) is 13.3. The monoisotopic (exact) mass is 266 g/mol. The van der Waals surface area contributed by atoms with E-state index in [9.17, 15) is 4.79 Å². The largest absolute Gasteiger partial charge is 0.490 e. The summed E-state index contributed by atoms with van der Waals surface area (Å²) in [7, 11) is 0. The number of fused-ring (bicyclic) bond motifs is 1. The molecule has 0 aliphatic carbocycles. The second-order valence-electron chi connectivity index (χ2n) is 4.49. The van der Waals surface area contributed by atoms with E-state index in [2.05, 4.69) is 6.92 Å². The summed E-state index contributed by atoms with van der Waals surface area (Å²) >= 11 is 1.70. The van der Waals surface area contributed by atoms with E-state index in [-0.39, 0.29) is 11.0 Å². The highest BCUT2D eigenvalue weighted by Crippen LogP contribution is 2.35. The van der Waals surface area contributed by atoms with E-state index in [1.54, 1.807) is 18.7 Å². The van der Waals surface area contributed by atoms with Crippen molar-refractivity contribution in [3.63, 3.8) is 0 Å². The number of carbonyl (C=O) groups excluding carboxylic acids is 1. The fraction of sp³-hybridized carbons (Fsp3) is 0.500. The van der Waals surface area contributed by atoms with Crippen molar-refractivity contribution in [1.82, 2.24) is 0 Å².